The number of hydrogen-bond acceptors (Lipinski definition) is 2. The van der Waals surface area contributed by atoms with Crippen LogP contribution in [0.25, 0.3) is 0 Å². The number of nitrogens with one attached hydrogen (secondary N) is 1. The van der Waals surface area contributed by atoms with Crippen LogP contribution in [0.3, 0.4) is 0 Å². The second-order valence-electron chi connectivity index (χ2n) is 3.96. The van der Waals surface area contributed by atoms with E-state index < -0.39 is 0 Å². The molecule has 0 aliphatic rings. The highest BCUT2D eigenvalue weighted by Crippen LogP contribution is 2.20. The van der Waals surface area contributed by atoms with E-state index in [2.05, 4.69) is 26.1 Å². The molecule has 0 amide bonds. The highest BCUT2D eigenvalue weighted by atomic mass is 16.3. The average molecular weight is 223 g/mol. The number of phenolic OH excluding ortho intramolecular Hbond substituents is 1. The zero-order valence-corrected chi connectivity index (χ0v) is 11.0. The van der Waals surface area contributed by atoms with Crippen molar-refractivity contribution in [1.82, 2.24) is 5.32 Å². The molecule has 0 aliphatic heterocycles. The first-order valence-electron chi connectivity index (χ1n) is 6.13. The SMILES string of the molecule is CCC.CCC(CNC)c1ccc(O)cc1. The maximum atomic E-state index is 9.13. The number of rotatable bonds is 4. The third-order valence-electron chi connectivity index (χ3n) is 2.31. The maximum absolute atomic E-state index is 9.13. The smallest absolute Gasteiger partial charge is 0.115 e. The van der Waals surface area contributed by atoms with E-state index in [4.69, 9.17) is 5.11 Å². The van der Waals surface area contributed by atoms with Gasteiger partial charge in [-0.05, 0) is 37.1 Å². The normalized spacial score (nSPS) is 11.5. The number of phenols is 1. The lowest BCUT2D eigenvalue weighted by Crippen LogP contribution is -2.16. The first-order valence-corrected chi connectivity index (χ1v) is 6.13. The fourth-order valence-corrected chi connectivity index (χ4v) is 1.49. The van der Waals surface area contributed by atoms with Crippen LogP contribution in [-0.4, -0.2) is 18.7 Å². The Kier molecular flexibility index (Phi) is 8.64. The van der Waals surface area contributed by atoms with Gasteiger partial charge in [0.25, 0.3) is 0 Å². The molecule has 0 bridgehead atoms. The van der Waals surface area contributed by atoms with E-state index in [9.17, 15) is 0 Å². The van der Waals surface area contributed by atoms with Crippen LogP contribution in [0.4, 0.5) is 0 Å². The molecule has 0 saturated heterocycles. The van der Waals surface area contributed by atoms with Crippen molar-refractivity contribution in [1.29, 1.82) is 0 Å². The van der Waals surface area contributed by atoms with Crippen LogP contribution >= 0.6 is 0 Å². The molecule has 1 aromatic rings. The van der Waals surface area contributed by atoms with E-state index in [1.807, 2.05) is 19.2 Å². The molecule has 0 fully saturated rings. The molecule has 0 radical (unpaired) electrons. The summed E-state index contributed by atoms with van der Waals surface area (Å²) in [4.78, 5) is 0. The van der Waals surface area contributed by atoms with Crippen LogP contribution in [0.5, 0.6) is 5.75 Å². The van der Waals surface area contributed by atoms with E-state index in [1.54, 1.807) is 12.1 Å². The van der Waals surface area contributed by atoms with Gasteiger partial charge in [0.1, 0.15) is 5.75 Å². The molecule has 0 heterocycles. The Balaban J connectivity index is 0.000000673. The molecule has 2 heteroatoms. The molecule has 1 atom stereocenters. The summed E-state index contributed by atoms with van der Waals surface area (Å²) >= 11 is 0. The van der Waals surface area contributed by atoms with Crippen LogP contribution in [-0.2, 0) is 0 Å². The molecule has 2 nitrogen and oxygen atoms in total. The van der Waals surface area contributed by atoms with Gasteiger partial charge in [-0.15, -0.1) is 0 Å². The fourth-order valence-electron chi connectivity index (χ4n) is 1.49. The lowest BCUT2D eigenvalue weighted by Gasteiger charge is -2.14. The second kappa shape index (κ2) is 9.22. The van der Waals surface area contributed by atoms with Crippen molar-refractivity contribution in [2.75, 3.05) is 13.6 Å². The quantitative estimate of drug-likeness (QED) is 0.818. The fraction of sp³-hybridized carbons (Fsp3) is 0.571. The Labute approximate surface area is 99.7 Å². The van der Waals surface area contributed by atoms with Gasteiger partial charge < -0.3 is 10.4 Å². The minimum atomic E-state index is 0.336. The summed E-state index contributed by atoms with van der Waals surface area (Å²) in [5, 5.41) is 12.3. The van der Waals surface area contributed by atoms with Gasteiger partial charge in [0.15, 0.2) is 0 Å². The Morgan fingerprint density at radius 3 is 2.00 bits per heavy atom. The van der Waals surface area contributed by atoms with E-state index in [1.165, 1.54) is 12.0 Å². The van der Waals surface area contributed by atoms with E-state index >= 15 is 0 Å². The van der Waals surface area contributed by atoms with Gasteiger partial charge in [0.2, 0.25) is 0 Å². The van der Waals surface area contributed by atoms with Crippen molar-refractivity contribution < 1.29 is 5.11 Å². The van der Waals surface area contributed by atoms with Crippen LogP contribution in [0.1, 0.15) is 45.1 Å². The topological polar surface area (TPSA) is 32.3 Å². The molecule has 0 saturated carbocycles. The summed E-state index contributed by atoms with van der Waals surface area (Å²) in [6.07, 6.45) is 2.37. The summed E-state index contributed by atoms with van der Waals surface area (Å²) in [5.74, 6) is 0.883. The number of aromatic hydroxyl groups is 1. The minimum absolute atomic E-state index is 0.336. The molecular weight excluding hydrogens is 198 g/mol. The van der Waals surface area contributed by atoms with Crippen molar-refractivity contribution in [2.24, 2.45) is 0 Å². The molecule has 1 unspecified atom stereocenters. The third-order valence-corrected chi connectivity index (χ3v) is 2.31. The van der Waals surface area contributed by atoms with Crippen LogP contribution in [0.2, 0.25) is 0 Å². The molecule has 0 spiro atoms. The molecule has 1 aromatic carbocycles. The van der Waals surface area contributed by atoms with Crippen molar-refractivity contribution in [3.8, 4) is 5.75 Å². The summed E-state index contributed by atoms with van der Waals surface area (Å²) in [7, 11) is 1.96. The lowest BCUT2D eigenvalue weighted by molar-refractivity contribution is 0.474. The monoisotopic (exact) mass is 223 g/mol. The molecule has 92 valence electrons. The predicted octanol–water partition coefficient (Wildman–Crippen LogP) is 3.52. The van der Waals surface area contributed by atoms with Crippen LogP contribution in [0.15, 0.2) is 24.3 Å². The summed E-state index contributed by atoms with van der Waals surface area (Å²) < 4.78 is 0. The number of hydrogen-bond donors (Lipinski definition) is 2. The van der Waals surface area contributed by atoms with Gasteiger partial charge in [0.05, 0.1) is 0 Å². The van der Waals surface area contributed by atoms with Gasteiger partial charge in [0, 0.05) is 6.54 Å². The first-order chi connectivity index (χ1) is 7.69. The summed E-state index contributed by atoms with van der Waals surface area (Å²) in [6.45, 7) is 7.41. The Morgan fingerprint density at radius 1 is 1.12 bits per heavy atom. The maximum Gasteiger partial charge on any atom is 0.115 e. The third kappa shape index (κ3) is 5.76. The average Bonchev–Trinajstić information content (AvgIpc) is 2.28. The van der Waals surface area contributed by atoms with Crippen molar-refractivity contribution in [3.63, 3.8) is 0 Å². The van der Waals surface area contributed by atoms with Gasteiger partial charge in [-0.3, -0.25) is 0 Å². The van der Waals surface area contributed by atoms with Crippen LogP contribution < -0.4 is 5.32 Å². The van der Waals surface area contributed by atoms with E-state index in [0.717, 1.165) is 13.0 Å². The van der Waals surface area contributed by atoms with Crippen molar-refractivity contribution in [3.05, 3.63) is 29.8 Å². The lowest BCUT2D eigenvalue weighted by atomic mass is 9.96. The number of benzene rings is 1. The Bertz CT molecular complexity index is 256. The van der Waals surface area contributed by atoms with Crippen LogP contribution in [0, 0.1) is 0 Å². The Morgan fingerprint density at radius 2 is 1.62 bits per heavy atom. The molecule has 0 aliphatic carbocycles. The van der Waals surface area contributed by atoms with Gasteiger partial charge in [-0.25, -0.2) is 0 Å². The first kappa shape index (κ1) is 15.0. The zero-order chi connectivity index (χ0) is 12.4. The molecule has 2 N–H and O–H groups in total. The highest BCUT2D eigenvalue weighted by molar-refractivity contribution is 5.28. The van der Waals surface area contributed by atoms with Crippen molar-refractivity contribution >= 4 is 0 Å². The second-order valence-corrected chi connectivity index (χ2v) is 3.96. The van der Waals surface area contributed by atoms with Gasteiger partial charge >= 0.3 is 0 Å². The zero-order valence-electron chi connectivity index (χ0n) is 11.0. The standard InChI is InChI=1S/C11H17NO.C3H8/c1-3-9(8-12-2)10-4-6-11(13)7-5-10;1-3-2/h4-7,9,12-13H,3,8H2,1-2H3;3H2,1-2H3. The summed E-state index contributed by atoms with van der Waals surface area (Å²) in [6, 6.07) is 7.46. The molecular formula is C14H25NO. The molecule has 1 rings (SSSR count). The molecule has 16 heavy (non-hydrogen) atoms. The highest BCUT2D eigenvalue weighted by Gasteiger charge is 2.07. The summed E-state index contributed by atoms with van der Waals surface area (Å²) in [5.41, 5.74) is 1.29. The van der Waals surface area contributed by atoms with Gasteiger partial charge in [-0.2, -0.15) is 0 Å². The Hall–Kier alpha value is -1.02. The van der Waals surface area contributed by atoms with E-state index in [0.29, 0.717) is 11.7 Å². The van der Waals surface area contributed by atoms with Gasteiger partial charge in [-0.1, -0.05) is 39.3 Å². The van der Waals surface area contributed by atoms with Crippen molar-refractivity contribution in [2.45, 2.75) is 39.5 Å². The molecule has 0 aromatic heterocycles. The number of likely N-dealkylation sites (N-methyl/N-ethyl adjacent to an activating group) is 1. The minimum Gasteiger partial charge on any atom is -0.508 e. The van der Waals surface area contributed by atoms with E-state index in [-0.39, 0.29) is 0 Å². The largest absolute Gasteiger partial charge is 0.508 e. The predicted molar refractivity (Wildman–Crippen MR) is 71.0 cm³/mol.